The van der Waals surface area contributed by atoms with E-state index in [1.54, 1.807) is 7.11 Å². The summed E-state index contributed by atoms with van der Waals surface area (Å²) in [5.74, 6) is 1.34. The van der Waals surface area contributed by atoms with Gasteiger partial charge in [-0.2, -0.15) is 0 Å². The largest absolute Gasteiger partial charge is 0.497 e. The van der Waals surface area contributed by atoms with Crippen LogP contribution in [-0.2, 0) is 0 Å². The molecule has 0 atom stereocenters. The van der Waals surface area contributed by atoms with Gasteiger partial charge >= 0.3 is 5.63 Å². The van der Waals surface area contributed by atoms with Crippen LogP contribution < -0.4 is 10.4 Å². The van der Waals surface area contributed by atoms with Gasteiger partial charge in [0.05, 0.1) is 7.11 Å². The quantitative estimate of drug-likeness (QED) is 0.539. The van der Waals surface area contributed by atoms with Gasteiger partial charge in [0.1, 0.15) is 16.2 Å². The van der Waals surface area contributed by atoms with Crippen LogP contribution in [0.3, 0.4) is 0 Å². The predicted octanol–water partition coefficient (Wildman–Crippen LogP) is 4.68. The maximum absolute atomic E-state index is 12.3. The fourth-order valence-corrected chi connectivity index (χ4v) is 3.62. The number of rotatable bonds is 2. The topological polar surface area (TPSA) is 39.4 Å². The van der Waals surface area contributed by atoms with Crippen molar-refractivity contribution in [3.8, 4) is 17.1 Å². The van der Waals surface area contributed by atoms with E-state index in [1.807, 2.05) is 54.6 Å². The molecule has 4 aromatic rings. The Balaban J connectivity index is 1.98. The number of thiophene rings is 1. The second kappa shape index (κ2) is 5.00. The molecule has 0 radical (unpaired) electrons. The lowest BCUT2D eigenvalue weighted by Gasteiger charge is -2.03. The van der Waals surface area contributed by atoms with E-state index >= 15 is 0 Å². The van der Waals surface area contributed by atoms with Gasteiger partial charge in [0.15, 0.2) is 0 Å². The van der Waals surface area contributed by atoms with Crippen molar-refractivity contribution < 1.29 is 9.15 Å². The molecule has 0 saturated carbocycles. The lowest BCUT2D eigenvalue weighted by atomic mass is 10.1. The van der Waals surface area contributed by atoms with E-state index in [9.17, 15) is 4.79 Å². The number of hydrogen-bond donors (Lipinski definition) is 0. The third kappa shape index (κ3) is 2.00. The molecule has 22 heavy (non-hydrogen) atoms. The minimum absolute atomic E-state index is 0.287. The highest BCUT2D eigenvalue weighted by molar-refractivity contribution is 7.25. The van der Waals surface area contributed by atoms with E-state index in [1.165, 1.54) is 11.3 Å². The van der Waals surface area contributed by atoms with Gasteiger partial charge in [-0.05, 0) is 36.4 Å². The number of benzene rings is 2. The van der Waals surface area contributed by atoms with Gasteiger partial charge in [-0.3, -0.25) is 0 Å². The molecule has 2 aromatic heterocycles. The van der Waals surface area contributed by atoms with Gasteiger partial charge in [-0.1, -0.05) is 18.2 Å². The Morgan fingerprint density at radius 3 is 2.55 bits per heavy atom. The zero-order valence-electron chi connectivity index (χ0n) is 11.8. The first kappa shape index (κ1) is 13.1. The first-order valence-electron chi connectivity index (χ1n) is 6.86. The summed E-state index contributed by atoms with van der Waals surface area (Å²) >= 11 is 1.47. The van der Waals surface area contributed by atoms with Crippen LogP contribution in [0.25, 0.3) is 31.5 Å². The standard InChI is InChI=1S/C18H12O3S/c1-20-12-8-6-11(7-9-12)15-10-14-13-4-2-3-5-16(13)22-17(14)18(19)21-15/h2-10H,1H3. The lowest BCUT2D eigenvalue weighted by molar-refractivity contribution is 0.415. The van der Waals surface area contributed by atoms with E-state index in [0.29, 0.717) is 10.5 Å². The minimum Gasteiger partial charge on any atom is -0.497 e. The average Bonchev–Trinajstić information content (AvgIpc) is 2.94. The van der Waals surface area contributed by atoms with Gasteiger partial charge in [0.2, 0.25) is 0 Å². The molecular formula is C18H12O3S. The van der Waals surface area contributed by atoms with Crippen molar-refractivity contribution in [1.82, 2.24) is 0 Å². The van der Waals surface area contributed by atoms with E-state index < -0.39 is 0 Å². The Morgan fingerprint density at radius 1 is 1.00 bits per heavy atom. The van der Waals surface area contributed by atoms with Crippen LogP contribution in [0, 0.1) is 0 Å². The number of methoxy groups -OCH3 is 1. The SMILES string of the molecule is COc1ccc(-c2cc3c(sc4ccccc43)c(=O)o2)cc1. The Bertz CT molecular complexity index is 1030. The molecule has 2 heterocycles. The van der Waals surface area contributed by atoms with Crippen molar-refractivity contribution in [2.45, 2.75) is 0 Å². The molecule has 0 unspecified atom stereocenters. The highest BCUT2D eigenvalue weighted by Gasteiger charge is 2.12. The van der Waals surface area contributed by atoms with Gasteiger partial charge in [0, 0.05) is 21.0 Å². The molecule has 0 spiro atoms. The van der Waals surface area contributed by atoms with Crippen LogP contribution in [0.5, 0.6) is 5.75 Å². The first-order chi connectivity index (χ1) is 10.8. The molecule has 4 rings (SSSR count). The summed E-state index contributed by atoms with van der Waals surface area (Å²) in [7, 11) is 1.62. The summed E-state index contributed by atoms with van der Waals surface area (Å²) in [4.78, 5) is 12.3. The average molecular weight is 308 g/mol. The van der Waals surface area contributed by atoms with Crippen molar-refractivity contribution in [3.63, 3.8) is 0 Å². The number of fused-ring (bicyclic) bond motifs is 3. The molecule has 0 aliphatic rings. The van der Waals surface area contributed by atoms with Gasteiger partial charge in [-0.15, -0.1) is 11.3 Å². The van der Waals surface area contributed by atoms with Crippen LogP contribution >= 0.6 is 11.3 Å². The summed E-state index contributed by atoms with van der Waals surface area (Å²) in [5.41, 5.74) is 0.569. The number of hydrogen-bond acceptors (Lipinski definition) is 4. The zero-order valence-corrected chi connectivity index (χ0v) is 12.6. The summed E-state index contributed by atoms with van der Waals surface area (Å²) < 4.78 is 12.4. The molecule has 0 aliphatic carbocycles. The van der Waals surface area contributed by atoms with E-state index in [-0.39, 0.29) is 5.63 Å². The normalized spacial score (nSPS) is 11.1. The Hall–Kier alpha value is -2.59. The molecule has 0 bridgehead atoms. The van der Waals surface area contributed by atoms with E-state index in [4.69, 9.17) is 9.15 Å². The molecule has 108 valence electrons. The van der Waals surface area contributed by atoms with E-state index in [2.05, 4.69) is 0 Å². The van der Waals surface area contributed by atoms with Crippen molar-refractivity contribution in [2.24, 2.45) is 0 Å². The van der Waals surface area contributed by atoms with Gasteiger partial charge in [0.25, 0.3) is 0 Å². The highest BCUT2D eigenvalue weighted by atomic mass is 32.1. The second-order valence-corrected chi connectivity index (χ2v) is 6.02. The molecule has 0 N–H and O–H groups in total. The molecule has 0 aliphatic heterocycles. The fraction of sp³-hybridized carbons (Fsp3) is 0.0556. The van der Waals surface area contributed by atoms with Crippen molar-refractivity contribution in [3.05, 3.63) is 65.0 Å². The molecule has 0 amide bonds. The lowest BCUT2D eigenvalue weighted by Crippen LogP contribution is -1.97. The summed E-state index contributed by atoms with van der Waals surface area (Å²) in [6.07, 6.45) is 0. The summed E-state index contributed by atoms with van der Waals surface area (Å²) in [5, 5.41) is 2.04. The second-order valence-electron chi connectivity index (χ2n) is 4.97. The Labute approximate surface area is 130 Å². The first-order valence-corrected chi connectivity index (χ1v) is 7.68. The van der Waals surface area contributed by atoms with E-state index in [0.717, 1.165) is 26.8 Å². The number of ether oxygens (including phenoxy) is 1. The predicted molar refractivity (Wildman–Crippen MR) is 89.9 cm³/mol. The third-order valence-electron chi connectivity index (χ3n) is 3.67. The van der Waals surface area contributed by atoms with Crippen LogP contribution in [0.15, 0.2) is 63.8 Å². The van der Waals surface area contributed by atoms with Gasteiger partial charge in [-0.25, -0.2) is 4.79 Å². The van der Waals surface area contributed by atoms with Crippen molar-refractivity contribution in [1.29, 1.82) is 0 Å². The maximum atomic E-state index is 12.3. The highest BCUT2D eigenvalue weighted by Crippen LogP contribution is 2.34. The minimum atomic E-state index is -0.287. The molecule has 2 aromatic carbocycles. The smallest absolute Gasteiger partial charge is 0.354 e. The van der Waals surface area contributed by atoms with Crippen LogP contribution in [0.2, 0.25) is 0 Å². The van der Waals surface area contributed by atoms with Crippen LogP contribution in [-0.4, -0.2) is 7.11 Å². The summed E-state index contributed by atoms with van der Waals surface area (Å²) in [6.45, 7) is 0. The van der Waals surface area contributed by atoms with Crippen molar-refractivity contribution in [2.75, 3.05) is 7.11 Å². The fourth-order valence-electron chi connectivity index (χ4n) is 2.56. The Kier molecular flexibility index (Phi) is 2.98. The van der Waals surface area contributed by atoms with Crippen LogP contribution in [0.1, 0.15) is 0 Å². The molecule has 0 saturated heterocycles. The Morgan fingerprint density at radius 2 is 1.77 bits per heavy atom. The van der Waals surface area contributed by atoms with Crippen molar-refractivity contribution >= 4 is 31.5 Å². The maximum Gasteiger partial charge on any atom is 0.354 e. The molecule has 4 heteroatoms. The zero-order chi connectivity index (χ0) is 15.1. The monoisotopic (exact) mass is 308 g/mol. The molecular weight excluding hydrogens is 296 g/mol. The molecule has 0 fully saturated rings. The van der Waals surface area contributed by atoms with Crippen LogP contribution in [0.4, 0.5) is 0 Å². The van der Waals surface area contributed by atoms with Gasteiger partial charge < -0.3 is 9.15 Å². The third-order valence-corrected chi connectivity index (χ3v) is 4.84. The molecule has 3 nitrogen and oxygen atoms in total. The summed E-state index contributed by atoms with van der Waals surface area (Å²) in [6, 6.07) is 17.4.